The molecule has 2 aromatic carbocycles. The lowest BCUT2D eigenvalue weighted by molar-refractivity contribution is 0.102. The van der Waals surface area contributed by atoms with Crippen molar-refractivity contribution in [3.05, 3.63) is 66.1 Å². The van der Waals surface area contributed by atoms with Gasteiger partial charge in [-0.25, -0.2) is 9.37 Å². The number of nitrogens with one attached hydrogen (secondary N) is 1. The third kappa shape index (κ3) is 2.53. The number of aromatic hydroxyl groups is 1. The number of hydrogen-bond donors (Lipinski definition) is 2. The van der Waals surface area contributed by atoms with Crippen molar-refractivity contribution in [2.24, 2.45) is 0 Å². The maximum atomic E-state index is 12.8. The second-order valence-corrected chi connectivity index (χ2v) is 4.50. The lowest BCUT2D eigenvalue weighted by Gasteiger charge is -2.08. The Balaban J connectivity index is 1.94. The van der Waals surface area contributed by atoms with Crippen LogP contribution in [0.3, 0.4) is 0 Å². The zero-order valence-corrected chi connectivity index (χ0v) is 10.9. The first-order valence-electron chi connectivity index (χ1n) is 6.29. The van der Waals surface area contributed by atoms with E-state index in [0.717, 1.165) is 11.6 Å². The highest BCUT2D eigenvalue weighted by Gasteiger charge is 2.14. The minimum atomic E-state index is -0.502. The van der Waals surface area contributed by atoms with E-state index in [0.29, 0.717) is 5.39 Å². The summed E-state index contributed by atoms with van der Waals surface area (Å²) in [6.07, 6.45) is 1.01. The van der Waals surface area contributed by atoms with Crippen molar-refractivity contribution in [3.8, 4) is 5.75 Å². The molecule has 21 heavy (non-hydrogen) atoms. The van der Waals surface area contributed by atoms with Gasteiger partial charge >= 0.3 is 0 Å². The molecule has 0 unspecified atom stereocenters. The summed E-state index contributed by atoms with van der Waals surface area (Å²) in [5.74, 6) is -0.861. The SMILES string of the molecule is O=C(Nc1ccc(F)cn1)c1ccc2ccccc2c1O. The van der Waals surface area contributed by atoms with Gasteiger partial charge in [-0.3, -0.25) is 4.79 Å². The summed E-state index contributed by atoms with van der Waals surface area (Å²) in [4.78, 5) is 15.9. The van der Waals surface area contributed by atoms with Crippen LogP contribution in [-0.2, 0) is 0 Å². The Labute approximate surface area is 119 Å². The lowest BCUT2D eigenvalue weighted by Crippen LogP contribution is -2.13. The molecule has 1 heterocycles. The first-order chi connectivity index (χ1) is 10.1. The normalized spacial score (nSPS) is 10.5. The summed E-state index contributed by atoms with van der Waals surface area (Å²) in [6, 6.07) is 13.1. The van der Waals surface area contributed by atoms with Crippen LogP contribution in [0, 0.1) is 5.82 Å². The Bertz CT molecular complexity index is 816. The number of anilines is 1. The number of pyridine rings is 1. The molecule has 3 rings (SSSR count). The fourth-order valence-electron chi connectivity index (χ4n) is 2.07. The van der Waals surface area contributed by atoms with Crippen LogP contribution in [-0.4, -0.2) is 16.0 Å². The van der Waals surface area contributed by atoms with Crippen LogP contribution in [0.2, 0.25) is 0 Å². The fourth-order valence-corrected chi connectivity index (χ4v) is 2.07. The molecule has 0 saturated carbocycles. The largest absolute Gasteiger partial charge is 0.506 e. The summed E-state index contributed by atoms with van der Waals surface area (Å²) >= 11 is 0. The second kappa shape index (κ2) is 5.20. The van der Waals surface area contributed by atoms with Gasteiger partial charge in [-0.15, -0.1) is 0 Å². The monoisotopic (exact) mass is 282 g/mol. The molecule has 4 nitrogen and oxygen atoms in total. The molecule has 0 radical (unpaired) electrons. The van der Waals surface area contributed by atoms with Gasteiger partial charge in [0, 0.05) is 5.39 Å². The summed E-state index contributed by atoms with van der Waals surface area (Å²) in [5.41, 5.74) is 0.139. The third-order valence-corrected chi connectivity index (χ3v) is 3.11. The number of carbonyl (C=O) groups is 1. The second-order valence-electron chi connectivity index (χ2n) is 4.50. The number of phenols is 1. The molecule has 0 aliphatic carbocycles. The Hall–Kier alpha value is -2.95. The average Bonchev–Trinajstić information content (AvgIpc) is 2.50. The minimum Gasteiger partial charge on any atom is -0.506 e. The molecule has 5 heteroatoms. The molecule has 1 aromatic heterocycles. The van der Waals surface area contributed by atoms with Gasteiger partial charge in [0.1, 0.15) is 17.4 Å². The van der Waals surface area contributed by atoms with Crippen LogP contribution in [0.15, 0.2) is 54.7 Å². The quantitative estimate of drug-likeness (QED) is 0.757. The number of hydrogen-bond acceptors (Lipinski definition) is 3. The smallest absolute Gasteiger partial charge is 0.260 e. The lowest BCUT2D eigenvalue weighted by atomic mass is 10.0. The molecule has 0 spiro atoms. The van der Waals surface area contributed by atoms with Gasteiger partial charge in [0.25, 0.3) is 5.91 Å². The molecule has 2 N–H and O–H groups in total. The van der Waals surface area contributed by atoms with Crippen LogP contribution < -0.4 is 5.32 Å². The maximum Gasteiger partial charge on any atom is 0.260 e. The number of carbonyl (C=O) groups excluding carboxylic acids is 1. The highest BCUT2D eigenvalue weighted by atomic mass is 19.1. The van der Waals surface area contributed by atoms with Crippen molar-refractivity contribution in [1.29, 1.82) is 0 Å². The first kappa shape index (κ1) is 13.1. The molecule has 0 aliphatic heterocycles. The van der Waals surface area contributed by atoms with E-state index >= 15 is 0 Å². The highest BCUT2D eigenvalue weighted by molar-refractivity contribution is 6.09. The number of rotatable bonds is 2. The van der Waals surface area contributed by atoms with Crippen LogP contribution >= 0.6 is 0 Å². The summed E-state index contributed by atoms with van der Waals surface area (Å²) < 4.78 is 12.8. The van der Waals surface area contributed by atoms with E-state index in [1.165, 1.54) is 18.2 Å². The van der Waals surface area contributed by atoms with E-state index in [1.807, 2.05) is 12.1 Å². The van der Waals surface area contributed by atoms with Gasteiger partial charge in [-0.05, 0) is 23.6 Å². The van der Waals surface area contributed by atoms with Crippen molar-refractivity contribution < 1.29 is 14.3 Å². The van der Waals surface area contributed by atoms with Gasteiger partial charge in [0.2, 0.25) is 0 Å². The number of amides is 1. The summed E-state index contributed by atoms with van der Waals surface area (Å²) in [5, 5.41) is 14.1. The zero-order valence-electron chi connectivity index (χ0n) is 10.9. The van der Waals surface area contributed by atoms with E-state index in [9.17, 15) is 14.3 Å². The fraction of sp³-hybridized carbons (Fsp3) is 0. The molecule has 0 bridgehead atoms. The van der Waals surface area contributed by atoms with E-state index in [4.69, 9.17) is 0 Å². The van der Waals surface area contributed by atoms with Crippen LogP contribution in [0.1, 0.15) is 10.4 Å². The number of phenolic OH excluding ortho intramolecular Hbond substituents is 1. The standard InChI is InChI=1S/C16H11FN2O2/c17-11-6-8-14(18-9-11)19-16(21)13-7-5-10-3-1-2-4-12(10)15(13)20/h1-9,20H,(H,18,19,21). The number of fused-ring (bicyclic) bond motifs is 1. The molecule has 3 aromatic rings. The van der Waals surface area contributed by atoms with Crippen molar-refractivity contribution >= 4 is 22.5 Å². The number of benzene rings is 2. The first-order valence-corrected chi connectivity index (χ1v) is 6.29. The third-order valence-electron chi connectivity index (χ3n) is 3.11. The predicted molar refractivity (Wildman–Crippen MR) is 77.8 cm³/mol. The van der Waals surface area contributed by atoms with Crippen molar-refractivity contribution in [3.63, 3.8) is 0 Å². The summed E-state index contributed by atoms with van der Waals surface area (Å²) in [7, 11) is 0. The van der Waals surface area contributed by atoms with Gasteiger partial charge < -0.3 is 10.4 Å². The Kier molecular flexibility index (Phi) is 3.23. The molecule has 0 atom stereocenters. The van der Waals surface area contributed by atoms with Crippen LogP contribution in [0.25, 0.3) is 10.8 Å². The molecule has 1 amide bonds. The number of aromatic nitrogens is 1. The van der Waals surface area contributed by atoms with E-state index < -0.39 is 11.7 Å². The molecule has 104 valence electrons. The minimum absolute atomic E-state index is 0.0901. The molecule has 0 saturated heterocycles. The van der Waals surface area contributed by atoms with Gasteiger partial charge in [0.15, 0.2) is 0 Å². The maximum absolute atomic E-state index is 12.8. The average molecular weight is 282 g/mol. The van der Waals surface area contributed by atoms with Gasteiger partial charge in [0.05, 0.1) is 11.8 Å². The Morgan fingerprint density at radius 2 is 1.90 bits per heavy atom. The topological polar surface area (TPSA) is 62.2 Å². The van der Waals surface area contributed by atoms with Crippen molar-refractivity contribution in [2.45, 2.75) is 0 Å². The van der Waals surface area contributed by atoms with E-state index in [-0.39, 0.29) is 17.1 Å². The highest BCUT2D eigenvalue weighted by Crippen LogP contribution is 2.28. The summed E-state index contributed by atoms with van der Waals surface area (Å²) in [6.45, 7) is 0. The Morgan fingerprint density at radius 3 is 2.67 bits per heavy atom. The zero-order chi connectivity index (χ0) is 14.8. The van der Waals surface area contributed by atoms with Crippen molar-refractivity contribution in [1.82, 2.24) is 4.98 Å². The van der Waals surface area contributed by atoms with Crippen molar-refractivity contribution in [2.75, 3.05) is 5.32 Å². The van der Waals surface area contributed by atoms with Gasteiger partial charge in [-0.1, -0.05) is 30.3 Å². The molecule has 0 aliphatic rings. The van der Waals surface area contributed by atoms with Gasteiger partial charge in [-0.2, -0.15) is 0 Å². The molecule has 0 fully saturated rings. The molecular formula is C16H11FN2O2. The predicted octanol–water partition coefficient (Wildman–Crippen LogP) is 3.33. The van der Waals surface area contributed by atoms with Crippen LogP contribution in [0.4, 0.5) is 10.2 Å². The van der Waals surface area contributed by atoms with E-state index in [1.54, 1.807) is 18.2 Å². The van der Waals surface area contributed by atoms with E-state index in [2.05, 4.69) is 10.3 Å². The number of nitrogens with zero attached hydrogens (tertiary/aromatic N) is 1. The Morgan fingerprint density at radius 1 is 1.10 bits per heavy atom. The molecular weight excluding hydrogens is 271 g/mol. The number of halogens is 1. The van der Waals surface area contributed by atoms with Crippen LogP contribution in [0.5, 0.6) is 5.75 Å².